The van der Waals surface area contributed by atoms with Crippen LogP contribution in [-0.2, 0) is 6.61 Å². The lowest BCUT2D eigenvalue weighted by Gasteiger charge is -2.15. The Morgan fingerprint density at radius 3 is 2.33 bits per heavy atom. The average Bonchev–Trinajstić information content (AvgIpc) is 2.83. The van der Waals surface area contributed by atoms with Crippen molar-refractivity contribution in [3.63, 3.8) is 0 Å². The van der Waals surface area contributed by atoms with Gasteiger partial charge in [-0.3, -0.25) is 4.79 Å². The van der Waals surface area contributed by atoms with Gasteiger partial charge < -0.3 is 24.3 Å². The Morgan fingerprint density at radius 1 is 0.909 bits per heavy atom. The number of carboxylic acids is 2. The molecule has 1 aromatic heterocycles. The summed E-state index contributed by atoms with van der Waals surface area (Å²) in [6, 6.07) is 18.5. The van der Waals surface area contributed by atoms with Crippen LogP contribution in [0.5, 0.6) is 11.5 Å². The van der Waals surface area contributed by atoms with Gasteiger partial charge in [-0.15, -0.1) is 0 Å². The van der Waals surface area contributed by atoms with Gasteiger partial charge in [-0.1, -0.05) is 30.3 Å². The number of hydrogen-bond donors (Lipinski definition) is 2. The highest BCUT2D eigenvalue weighted by atomic mass is 16.5. The van der Waals surface area contributed by atoms with Crippen LogP contribution < -0.4 is 14.9 Å². The molecule has 0 atom stereocenters. The van der Waals surface area contributed by atoms with E-state index in [1.165, 1.54) is 36.1 Å². The first-order chi connectivity index (χ1) is 15.9. The molecule has 0 spiro atoms. The quantitative estimate of drug-likeness (QED) is 0.442. The summed E-state index contributed by atoms with van der Waals surface area (Å²) in [4.78, 5) is 36.1. The number of carboxylic acid groups (broad SMARTS) is 2. The van der Waals surface area contributed by atoms with Gasteiger partial charge >= 0.3 is 11.9 Å². The molecular formula is C25H19NO7. The molecule has 4 aromatic rings. The van der Waals surface area contributed by atoms with Crippen molar-refractivity contribution in [2.75, 3.05) is 7.11 Å². The van der Waals surface area contributed by atoms with Gasteiger partial charge in [-0.2, -0.15) is 0 Å². The Bertz CT molecular complexity index is 1420. The Kier molecular flexibility index (Phi) is 5.82. The summed E-state index contributed by atoms with van der Waals surface area (Å²) >= 11 is 0. The molecule has 2 N–H and O–H groups in total. The Balaban J connectivity index is 1.90. The summed E-state index contributed by atoms with van der Waals surface area (Å²) in [6.45, 7) is 0.298. The van der Waals surface area contributed by atoms with Crippen LogP contribution in [0.4, 0.5) is 0 Å². The second kappa shape index (κ2) is 8.88. The molecule has 166 valence electrons. The molecular weight excluding hydrogens is 426 g/mol. The number of pyridine rings is 1. The van der Waals surface area contributed by atoms with Crippen LogP contribution in [0.15, 0.2) is 77.7 Å². The van der Waals surface area contributed by atoms with Crippen LogP contribution in [0.1, 0.15) is 26.3 Å². The van der Waals surface area contributed by atoms with Crippen LogP contribution >= 0.6 is 0 Å². The second-order valence-corrected chi connectivity index (χ2v) is 7.23. The summed E-state index contributed by atoms with van der Waals surface area (Å²) in [7, 11) is 1.40. The maximum absolute atomic E-state index is 12.8. The summed E-state index contributed by atoms with van der Waals surface area (Å²) in [5.74, 6) is -1.83. The topological polar surface area (TPSA) is 115 Å². The molecule has 0 saturated heterocycles. The average molecular weight is 445 g/mol. The number of ether oxygens (including phenoxy) is 2. The molecule has 0 saturated carbocycles. The third-order valence-electron chi connectivity index (χ3n) is 5.11. The number of benzene rings is 3. The molecule has 8 nitrogen and oxygen atoms in total. The molecule has 0 unspecified atom stereocenters. The van der Waals surface area contributed by atoms with E-state index in [0.717, 1.165) is 5.56 Å². The van der Waals surface area contributed by atoms with E-state index in [-0.39, 0.29) is 16.7 Å². The van der Waals surface area contributed by atoms with Gasteiger partial charge in [-0.25, -0.2) is 9.59 Å². The van der Waals surface area contributed by atoms with Crippen molar-refractivity contribution >= 4 is 22.8 Å². The standard InChI is InChI=1S/C25H19NO7/c1-32-19-10-16(24(28)29)9-17(11-19)26-13-21(25(30)31)23(27)20-8-7-18(12-22(20)26)33-14-15-5-3-2-4-6-15/h2-13H,14H2,1H3,(H,28,29)(H,30,31). The minimum absolute atomic E-state index is 0.0513. The van der Waals surface area contributed by atoms with E-state index in [1.54, 1.807) is 18.2 Å². The predicted octanol–water partition coefficient (Wildman–Crippen LogP) is 3.97. The van der Waals surface area contributed by atoms with Crippen molar-refractivity contribution in [2.45, 2.75) is 6.61 Å². The monoisotopic (exact) mass is 445 g/mol. The van der Waals surface area contributed by atoms with Crippen molar-refractivity contribution in [1.29, 1.82) is 0 Å². The highest BCUT2D eigenvalue weighted by Gasteiger charge is 2.18. The van der Waals surface area contributed by atoms with Gasteiger partial charge in [0.05, 0.1) is 23.9 Å². The first kappa shape index (κ1) is 21.6. The zero-order valence-corrected chi connectivity index (χ0v) is 17.5. The summed E-state index contributed by atoms with van der Waals surface area (Å²) in [5, 5.41) is 19.2. The summed E-state index contributed by atoms with van der Waals surface area (Å²) < 4.78 is 12.5. The Labute approximate surface area is 187 Å². The van der Waals surface area contributed by atoms with Crippen molar-refractivity contribution < 1.29 is 29.3 Å². The zero-order chi connectivity index (χ0) is 23.5. The van der Waals surface area contributed by atoms with Crippen LogP contribution in [-0.4, -0.2) is 33.8 Å². The minimum atomic E-state index is -1.39. The summed E-state index contributed by atoms with van der Waals surface area (Å²) in [6.07, 6.45) is 1.17. The fourth-order valence-corrected chi connectivity index (χ4v) is 3.47. The number of aromatic nitrogens is 1. The van der Waals surface area contributed by atoms with E-state index in [4.69, 9.17) is 9.47 Å². The molecule has 4 rings (SSSR count). The number of fused-ring (bicyclic) bond motifs is 1. The third-order valence-corrected chi connectivity index (χ3v) is 5.11. The predicted molar refractivity (Wildman–Crippen MR) is 121 cm³/mol. The normalized spacial score (nSPS) is 10.7. The SMILES string of the molecule is COc1cc(C(=O)O)cc(-n2cc(C(=O)O)c(=O)c3ccc(OCc4ccccc4)cc32)c1. The number of rotatable bonds is 7. The van der Waals surface area contributed by atoms with E-state index in [1.807, 2.05) is 30.3 Å². The van der Waals surface area contributed by atoms with Gasteiger partial charge in [-0.05, 0) is 29.8 Å². The number of methoxy groups -OCH3 is 1. The highest BCUT2D eigenvalue weighted by molar-refractivity contribution is 5.94. The molecule has 0 aliphatic heterocycles. The lowest BCUT2D eigenvalue weighted by atomic mass is 10.1. The molecule has 1 heterocycles. The first-order valence-corrected chi connectivity index (χ1v) is 9.89. The van der Waals surface area contributed by atoms with Crippen LogP contribution in [0.25, 0.3) is 16.6 Å². The molecule has 3 aromatic carbocycles. The van der Waals surface area contributed by atoms with E-state index in [0.29, 0.717) is 23.6 Å². The molecule has 0 fully saturated rings. The van der Waals surface area contributed by atoms with E-state index >= 15 is 0 Å². The van der Waals surface area contributed by atoms with Crippen LogP contribution in [0.2, 0.25) is 0 Å². The first-order valence-electron chi connectivity index (χ1n) is 9.89. The number of nitrogens with zero attached hydrogens (tertiary/aromatic N) is 1. The van der Waals surface area contributed by atoms with Crippen molar-refractivity contribution in [3.8, 4) is 17.2 Å². The zero-order valence-electron chi connectivity index (χ0n) is 17.5. The highest BCUT2D eigenvalue weighted by Crippen LogP contribution is 2.26. The fraction of sp³-hybridized carbons (Fsp3) is 0.0800. The van der Waals surface area contributed by atoms with Gasteiger partial charge in [0.1, 0.15) is 23.7 Å². The maximum Gasteiger partial charge on any atom is 0.341 e. The van der Waals surface area contributed by atoms with Gasteiger partial charge in [0.25, 0.3) is 0 Å². The number of carbonyl (C=O) groups is 2. The van der Waals surface area contributed by atoms with Gasteiger partial charge in [0, 0.05) is 23.7 Å². The molecule has 33 heavy (non-hydrogen) atoms. The second-order valence-electron chi connectivity index (χ2n) is 7.23. The van der Waals surface area contributed by atoms with Crippen LogP contribution in [0, 0.1) is 0 Å². The molecule has 0 aliphatic carbocycles. The summed E-state index contributed by atoms with van der Waals surface area (Å²) in [5.41, 5.74) is 0.490. The lowest BCUT2D eigenvalue weighted by molar-refractivity contribution is 0.0684. The molecule has 0 amide bonds. The van der Waals surface area contributed by atoms with E-state index in [2.05, 4.69) is 0 Å². The van der Waals surface area contributed by atoms with Crippen LogP contribution in [0.3, 0.4) is 0 Å². The van der Waals surface area contributed by atoms with Gasteiger partial charge in [0.15, 0.2) is 0 Å². The fourth-order valence-electron chi connectivity index (χ4n) is 3.47. The molecule has 8 heteroatoms. The number of aromatic carboxylic acids is 2. The van der Waals surface area contributed by atoms with Crippen molar-refractivity contribution in [2.24, 2.45) is 0 Å². The van der Waals surface area contributed by atoms with Crippen molar-refractivity contribution in [1.82, 2.24) is 4.57 Å². The Morgan fingerprint density at radius 2 is 1.67 bits per heavy atom. The Hall–Kier alpha value is -4.59. The lowest BCUT2D eigenvalue weighted by Crippen LogP contribution is -2.18. The largest absolute Gasteiger partial charge is 0.497 e. The molecule has 0 bridgehead atoms. The molecule has 0 aliphatic rings. The van der Waals surface area contributed by atoms with E-state index < -0.39 is 22.9 Å². The molecule has 0 radical (unpaired) electrons. The maximum atomic E-state index is 12.8. The van der Waals surface area contributed by atoms with E-state index in [9.17, 15) is 24.6 Å². The smallest absolute Gasteiger partial charge is 0.341 e. The third kappa shape index (κ3) is 4.40. The number of hydrogen-bond acceptors (Lipinski definition) is 5. The van der Waals surface area contributed by atoms with Gasteiger partial charge in [0.2, 0.25) is 5.43 Å². The minimum Gasteiger partial charge on any atom is -0.497 e. The van der Waals surface area contributed by atoms with Crippen molar-refractivity contribution in [3.05, 3.63) is 99.8 Å².